The number of methoxy groups -OCH3 is 2. The van der Waals surface area contributed by atoms with Crippen LogP contribution in [0.2, 0.25) is 5.15 Å². The summed E-state index contributed by atoms with van der Waals surface area (Å²) in [6.45, 7) is 2.52. The number of hydrogen-bond donors (Lipinski definition) is 0. The van der Waals surface area contributed by atoms with E-state index < -0.39 is 10.0 Å². The van der Waals surface area contributed by atoms with Crippen LogP contribution >= 0.6 is 11.6 Å². The van der Waals surface area contributed by atoms with Crippen molar-refractivity contribution in [1.29, 1.82) is 0 Å². The first kappa shape index (κ1) is 21.4. The van der Waals surface area contributed by atoms with Gasteiger partial charge in [0.15, 0.2) is 0 Å². The van der Waals surface area contributed by atoms with Gasteiger partial charge in [0.05, 0.1) is 25.5 Å². The standard InChI is InChI=1S/C18H23ClN4O5S/c1-12-16(17(19)21(2)20-12)18(24)22-7-9-23(10-8-22)29(25,26)15-11-13(27-3)5-6-14(15)28-4/h5-6,11H,7-10H2,1-4H3. The largest absolute Gasteiger partial charge is 0.497 e. The molecule has 0 spiro atoms. The van der Waals surface area contributed by atoms with Crippen LogP contribution in [-0.4, -0.2) is 73.7 Å². The molecule has 2 aromatic rings. The van der Waals surface area contributed by atoms with Crippen molar-refractivity contribution in [2.45, 2.75) is 11.8 Å². The summed E-state index contributed by atoms with van der Waals surface area (Å²) < 4.78 is 39.4. The third kappa shape index (κ3) is 3.92. The molecule has 0 radical (unpaired) electrons. The van der Waals surface area contributed by atoms with Gasteiger partial charge in [0.1, 0.15) is 21.5 Å². The number of piperazine rings is 1. The van der Waals surface area contributed by atoms with Crippen LogP contribution < -0.4 is 9.47 Å². The molecule has 0 atom stereocenters. The first-order valence-corrected chi connectivity index (χ1v) is 10.7. The fraction of sp³-hybridized carbons (Fsp3) is 0.444. The third-order valence-electron chi connectivity index (χ3n) is 4.88. The Bertz CT molecular complexity index is 1030. The topological polar surface area (TPSA) is 94.0 Å². The Morgan fingerprint density at radius 3 is 2.31 bits per heavy atom. The maximum absolute atomic E-state index is 13.1. The molecule has 0 saturated carbocycles. The number of sulfonamides is 1. The van der Waals surface area contributed by atoms with Gasteiger partial charge in [-0.05, 0) is 19.1 Å². The molecule has 1 fully saturated rings. The molecule has 0 N–H and O–H groups in total. The molecule has 1 aliphatic rings. The van der Waals surface area contributed by atoms with E-state index in [0.29, 0.717) is 17.0 Å². The van der Waals surface area contributed by atoms with Gasteiger partial charge in [0, 0.05) is 39.3 Å². The van der Waals surface area contributed by atoms with Crippen LogP contribution in [-0.2, 0) is 17.1 Å². The van der Waals surface area contributed by atoms with Gasteiger partial charge in [0.25, 0.3) is 5.91 Å². The van der Waals surface area contributed by atoms with Gasteiger partial charge in [-0.1, -0.05) is 11.6 Å². The number of nitrogens with zero attached hydrogens (tertiary/aromatic N) is 4. The number of halogens is 1. The van der Waals surface area contributed by atoms with E-state index in [4.69, 9.17) is 21.1 Å². The van der Waals surface area contributed by atoms with Crippen LogP contribution in [0.1, 0.15) is 16.1 Å². The van der Waals surface area contributed by atoms with Gasteiger partial charge in [0.2, 0.25) is 10.0 Å². The zero-order chi connectivity index (χ0) is 21.3. The van der Waals surface area contributed by atoms with Crippen molar-refractivity contribution in [1.82, 2.24) is 19.0 Å². The SMILES string of the molecule is COc1ccc(OC)c(S(=O)(=O)N2CCN(C(=O)c3c(C)nn(C)c3Cl)CC2)c1. The molecule has 11 heteroatoms. The van der Waals surface area contributed by atoms with Crippen LogP contribution in [0.5, 0.6) is 11.5 Å². The lowest BCUT2D eigenvalue weighted by atomic mass is 10.2. The lowest BCUT2D eigenvalue weighted by Gasteiger charge is -2.34. The highest BCUT2D eigenvalue weighted by molar-refractivity contribution is 7.89. The minimum Gasteiger partial charge on any atom is -0.497 e. The summed E-state index contributed by atoms with van der Waals surface area (Å²) in [5.41, 5.74) is 0.888. The minimum atomic E-state index is -3.82. The Balaban J connectivity index is 1.79. The van der Waals surface area contributed by atoms with Gasteiger partial charge < -0.3 is 14.4 Å². The monoisotopic (exact) mass is 442 g/mol. The summed E-state index contributed by atoms with van der Waals surface area (Å²) in [6.07, 6.45) is 0. The molecule has 1 aromatic carbocycles. The molecule has 1 amide bonds. The number of amides is 1. The molecule has 1 aromatic heterocycles. The third-order valence-corrected chi connectivity index (χ3v) is 7.23. The number of carbonyl (C=O) groups excluding carboxylic acids is 1. The molecule has 29 heavy (non-hydrogen) atoms. The highest BCUT2D eigenvalue weighted by Crippen LogP contribution is 2.31. The quantitative estimate of drug-likeness (QED) is 0.697. The average molecular weight is 443 g/mol. The summed E-state index contributed by atoms with van der Waals surface area (Å²) in [5, 5.41) is 4.43. The highest BCUT2D eigenvalue weighted by Gasteiger charge is 2.34. The molecule has 158 valence electrons. The molecule has 0 unspecified atom stereocenters. The molecule has 0 bridgehead atoms. The second kappa shape index (κ2) is 8.21. The minimum absolute atomic E-state index is 0.0327. The number of ether oxygens (including phenoxy) is 2. The first-order valence-electron chi connectivity index (χ1n) is 8.91. The van der Waals surface area contributed by atoms with Gasteiger partial charge in [-0.3, -0.25) is 9.48 Å². The van der Waals surface area contributed by atoms with E-state index in [1.54, 1.807) is 31.0 Å². The van der Waals surface area contributed by atoms with Gasteiger partial charge in [-0.15, -0.1) is 0 Å². The molecule has 2 heterocycles. The fourth-order valence-electron chi connectivity index (χ4n) is 3.29. The Hall–Kier alpha value is -2.30. The Kier molecular flexibility index (Phi) is 6.06. The van der Waals surface area contributed by atoms with Crippen molar-refractivity contribution in [3.63, 3.8) is 0 Å². The second-order valence-corrected chi connectivity index (χ2v) is 8.85. The molecule has 0 aliphatic carbocycles. The van der Waals surface area contributed by atoms with E-state index in [2.05, 4.69) is 5.10 Å². The molecule has 3 rings (SSSR count). The lowest BCUT2D eigenvalue weighted by Crippen LogP contribution is -2.50. The van der Waals surface area contributed by atoms with Crippen molar-refractivity contribution >= 4 is 27.5 Å². The van der Waals surface area contributed by atoms with E-state index in [1.165, 1.54) is 29.3 Å². The van der Waals surface area contributed by atoms with Crippen LogP contribution in [0.25, 0.3) is 0 Å². The van der Waals surface area contributed by atoms with Gasteiger partial charge in [-0.2, -0.15) is 9.40 Å². The summed E-state index contributed by atoms with van der Waals surface area (Å²) in [7, 11) is 0.730. The van der Waals surface area contributed by atoms with Crippen molar-refractivity contribution < 1.29 is 22.7 Å². The summed E-state index contributed by atoms with van der Waals surface area (Å²) >= 11 is 6.19. The van der Waals surface area contributed by atoms with Crippen molar-refractivity contribution in [3.05, 3.63) is 34.6 Å². The Morgan fingerprint density at radius 2 is 1.79 bits per heavy atom. The van der Waals surface area contributed by atoms with Gasteiger partial charge in [-0.25, -0.2) is 8.42 Å². The van der Waals surface area contributed by atoms with Crippen molar-refractivity contribution in [2.24, 2.45) is 7.05 Å². The van der Waals surface area contributed by atoms with Crippen molar-refractivity contribution in [2.75, 3.05) is 40.4 Å². The van der Waals surface area contributed by atoms with Crippen LogP contribution in [0.4, 0.5) is 0 Å². The number of aryl methyl sites for hydroxylation is 2. The Morgan fingerprint density at radius 1 is 1.14 bits per heavy atom. The van der Waals surface area contributed by atoms with E-state index in [0.717, 1.165) is 0 Å². The zero-order valence-electron chi connectivity index (χ0n) is 16.7. The summed E-state index contributed by atoms with van der Waals surface area (Å²) in [5.74, 6) is 0.401. The number of hydrogen-bond acceptors (Lipinski definition) is 6. The Labute approximate surface area is 174 Å². The first-order chi connectivity index (χ1) is 13.7. The summed E-state index contributed by atoms with van der Waals surface area (Å²) in [4.78, 5) is 14.5. The molecule has 1 aliphatic heterocycles. The number of aromatic nitrogens is 2. The molecular weight excluding hydrogens is 420 g/mol. The summed E-state index contributed by atoms with van der Waals surface area (Å²) in [6, 6.07) is 4.62. The van der Waals surface area contributed by atoms with E-state index in [9.17, 15) is 13.2 Å². The number of rotatable bonds is 5. The molecule has 1 saturated heterocycles. The maximum Gasteiger partial charge on any atom is 0.258 e. The normalized spacial score (nSPS) is 15.4. The van der Waals surface area contributed by atoms with Crippen LogP contribution in [0.15, 0.2) is 23.1 Å². The second-order valence-electron chi connectivity index (χ2n) is 6.59. The molecule has 9 nitrogen and oxygen atoms in total. The highest BCUT2D eigenvalue weighted by atomic mass is 35.5. The van der Waals surface area contributed by atoms with Crippen LogP contribution in [0, 0.1) is 6.92 Å². The maximum atomic E-state index is 13.1. The van der Waals surface area contributed by atoms with Crippen LogP contribution in [0.3, 0.4) is 0 Å². The van der Waals surface area contributed by atoms with E-state index in [-0.39, 0.29) is 47.9 Å². The fourth-order valence-corrected chi connectivity index (χ4v) is 5.14. The number of benzene rings is 1. The smallest absolute Gasteiger partial charge is 0.258 e. The average Bonchev–Trinajstić information content (AvgIpc) is 2.98. The predicted molar refractivity (Wildman–Crippen MR) is 107 cm³/mol. The van der Waals surface area contributed by atoms with Crippen molar-refractivity contribution in [3.8, 4) is 11.5 Å². The molecular formula is C18H23ClN4O5S. The van der Waals surface area contributed by atoms with Gasteiger partial charge >= 0.3 is 0 Å². The van der Waals surface area contributed by atoms with E-state index in [1.807, 2.05) is 0 Å². The zero-order valence-corrected chi connectivity index (χ0v) is 18.2. The lowest BCUT2D eigenvalue weighted by molar-refractivity contribution is 0.0697. The van der Waals surface area contributed by atoms with E-state index >= 15 is 0 Å². The predicted octanol–water partition coefficient (Wildman–Crippen LogP) is 1.55. The number of carbonyl (C=O) groups is 1.